The van der Waals surface area contributed by atoms with Crippen LogP contribution in [-0.2, 0) is 0 Å². The Morgan fingerprint density at radius 2 is 0.895 bits per heavy atom. The van der Waals surface area contributed by atoms with E-state index in [-0.39, 0.29) is 22.2 Å². The van der Waals surface area contributed by atoms with Gasteiger partial charge in [-0.2, -0.15) is 9.97 Å². The molecule has 0 aliphatic carbocycles. The van der Waals surface area contributed by atoms with E-state index in [1.54, 1.807) is 18.2 Å². The molecular formula is C51H32N6. The van der Waals surface area contributed by atoms with Crippen LogP contribution in [0.5, 0.6) is 0 Å². The molecule has 0 saturated heterocycles. The van der Waals surface area contributed by atoms with Crippen LogP contribution in [0.25, 0.3) is 106 Å². The fourth-order valence-electron chi connectivity index (χ4n) is 7.57. The predicted molar refractivity (Wildman–Crippen MR) is 234 cm³/mol. The lowest BCUT2D eigenvalue weighted by Gasteiger charge is -2.15. The van der Waals surface area contributed by atoms with Gasteiger partial charge in [-0.25, -0.2) is 4.98 Å². The standard InChI is InChI=1S/C51H32N6/c1-2-16-34(17-3-1)55-42-24-10-4-22-39(42)40-31-30-33(32-48(40)55)49-52-50(54-51(53-49)57-45-27-13-7-20-37(45)38-21-8-14-28-46(38)57)41-23-9-15-29-47(41)56-43-25-11-5-18-35(43)36-19-6-12-26-44(36)56/h1-32H/i5D,6D,7D,8D,9D,11D,12D,13D,14D,15D,18D,19D,20D,21D,23D,25D,26D,27D,28D,29D. The Kier molecular flexibility index (Phi) is 3.85. The Bertz CT molecular complexity index is 4550. The molecule has 8 aromatic carbocycles. The first-order valence-electron chi connectivity index (χ1n) is 27.6. The molecule has 0 spiro atoms. The summed E-state index contributed by atoms with van der Waals surface area (Å²) in [4.78, 5) is 14.6. The maximum absolute atomic E-state index is 9.66. The van der Waals surface area contributed by atoms with Gasteiger partial charge in [0.25, 0.3) is 0 Å². The summed E-state index contributed by atoms with van der Waals surface area (Å²) in [6.07, 6.45) is 0. The van der Waals surface area contributed by atoms with Crippen LogP contribution < -0.4 is 0 Å². The largest absolute Gasteiger partial charge is 0.309 e. The lowest BCUT2D eigenvalue weighted by atomic mass is 10.1. The van der Waals surface area contributed by atoms with Gasteiger partial charge in [-0.1, -0.05) is 133 Å². The van der Waals surface area contributed by atoms with Crippen molar-refractivity contribution < 1.29 is 27.4 Å². The van der Waals surface area contributed by atoms with E-state index in [4.69, 9.17) is 34.1 Å². The lowest BCUT2D eigenvalue weighted by molar-refractivity contribution is 0.952. The fourth-order valence-corrected chi connectivity index (χ4v) is 7.57. The monoisotopic (exact) mass is 748 g/mol. The highest BCUT2D eigenvalue weighted by Crippen LogP contribution is 2.38. The van der Waals surface area contributed by atoms with Crippen molar-refractivity contribution in [3.63, 3.8) is 0 Å². The van der Waals surface area contributed by atoms with Crippen molar-refractivity contribution >= 4 is 65.4 Å². The van der Waals surface area contributed by atoms with Gasteiger partial charge >= 0.3 is 0 Å². The smallest absolute Gasteiger partial charge is 0.238 e. The van der Waals surface area contributed by atoms with Crippen molar-refractivity contribution in [1.82, 2.24) is 28.7 Å². The molecule has 0 amide bonds. The normalized spacial score (nSPS) is 16.8. The number of nitrogens with zero attached hydrogens (tertiary/aromatic N) is 6. The Morgan fingerprint density at radius 3 is 1.56 bits per heavy atom. The van der Waals surface area contributed by atoms with Gasteiger partial charge in [0.1, 0.15) is 0 Å². The van der Waals surface area contributed by atoms with Crippen LogP contribution >= 0.6 is 0 Å². The Morgan fingerprint density at radius 1 is 0.368 bits per heavy atom. The topological polar surface area (TPSA) is 53.5 Å². The molecule has 0 fully saturated rings. The molecule has 0 N–H and O–H groups in total. The van der Waals surface area contributed by atoms with Crippen LogP contribution in [0.2, 0.25) is 0 Å². The molecule has 0 aliphatic rings. The molecule has 57 heavy (non-hydrogen) atoms. The molecule has 6 heteroatoms. The van der Waals surface area contributed by atoms with Crippen LogP contribution in [0.3, 0.4) is 0 Å². The van der Waals surface area contributed by atoms with Gasteiger partial charge < -0.3 is 9.13 Å². The molecule has 4 heterocycles. The summed E-state index contributed by atoms with van der Waals surface area (Å²) in [5.74, 6) is -1.45. The van der Waals surface area contributed by atoms with E-state index in [1.807, 2.05) is 59.2 Å². The summed E-state index contributed by atoms with van der Waals surface area (Å²) in [7, 11) is 0. The minimum absolute atomic E-state index is 0.231. The second-order valence-corrected chi connectivity index (χ2v) is 13.0. The van der Waals surface area contributed by atoms with Gasteiger partial charge in [0.15, 0.2) is 11.6 Å². The molecule has 0 saturated carbocycles. The highest BCUT2D eigenvalue weighted by Gasteiger charge is 2.22. The number of benzene rings is 8. The Balaban J connectivity index is 1.30. The molecule has 12 rings (SSSR count). The van der Waals surface area contributed by atoms with Crippen molar-refractivity contribution in [3.8, 4) is 40.1 Å². The number of para-hydroxylation sites is 7. The van der Waals surface area contributed by atoms with E-state index in [0.29, 0.717) is 5.52 Å². The quantitative estimate of drug-likeness (QED) is 0.176. The maximum Gasteiger partial charge on any atom is 0.238 e. The van der Waals surface area contributed by atoms with E-state index in [2.05, 4.69) is 0 Å². The fraction of sp³-hybridized carbons (Fsp3) is 0. The highest BCUT2D eigenvalue weighted by molar-refractivity contribution is 6.12. The third-order valence-corrected chi connectivity index (χ3v) is 9.95. The molecule has 266 valence electrons. The number of rotatable bonds is 5. The first-order valence-corrected chi connectivity index (χ1v) is 17.6. The van der Waals surface area contributed by atoms with Crippen molar-refractivity contribution in [2.24, 2.45) is 0 Å². The van der Waals surface area contributed by atoms with E-state index < -0.39 is 177 Å². The first-order chi connectivity index (χ1) is 36.6. The van der Waals surface area contributed by atoms with Crippen LogP contribution in [-0.4, -0.2) is 28.7 Å². The van der Waals surface area contributed by atoms with Crippen LogP contribution in [0, 0.1) is 0 Å². The third-order valence-electron chi connectivity index (χ3n) is 9.95. The molecule has 12 aromatic rings. The van der Waals surface area contributed by atoms with Crippen LogP contribution in [0.1, 0.15) is 27.4 Å². The minimum atomic E-state index is -0.881. The molecule has 0 atom stereocenters. The van der Waals surface area contributed by atoms with Gasteiger partial charge in [-0.3, -0.25) is 4.57 Å². The lowest BCUT2D eigenvalue weighted by Crippen LogP contribution is -2.08. The van der Waals surface area contributed by atoms with Crippen LogP contribution in [0.15, 0.2) is 194 Å². The number of aromatic nitrogens is 6. The summed E-state index contributed by atoms with van der Waals surface area (Å²) in [6, 6.07) is 6.98. The number of hydrogen-bond acceptors (Lipinski definition) is 3. The summed E-state index contributed by atoms with van der Waals surface area (Å²) in [5.41, 5.74) is -0.570. The van der Waals surface area contributed by atoms with Gasteiger partial charge in [-0.05, 0) is 60.5 Å². The average molecular weight is 749 g/mol. The molecule has 6 nitrogen and oxygen atoms in total. The van der Waals surface area contributed by atoms with E-state index in [9.17, 15) is 8.22 Å². The molecular weight excluding hydrogens is 697 g/mol. The zero-order valence-corrected chi connectivity index (χ0v) is 29.1. The van der Waals surface area contributed by atoms with Crippen molar-refractivity contribution in [2.75, 3.05) is 0 Å². The van der Waals surface area contributed by atoms with Gasteiger partial charge in [0.2, 0.25) is 5.95 Å². The summed E-state index contributed by atoms with van der Waals surface area (Å²) >= 11 is 0. The van der Waals surface area contributed by atoms with Gasteiger partial charge in [0.05, 0.1) is 66.2 Å². The second kappa shape index (κ2) is 12.3. The minimum Gasteiger partial charge on any atom is -0.309 e. The molecule has 4 aromatic heterocycles. The van der Waals surface area contributed by atoms with Crippen LogP contribution in [0.4, 0.5) is 0 Å². The third kappa shape index (κ3) is 4.74. The second-order valence-electron chi connectivity index (χ2n) is 13.0. The summed E-state index contributed by atoms with van der Waals surface area (Å²) in [6.45, 7) is 0. The zero-order valence-electron chi connectivity index (χ0n) is 49.1. The van der Waals surface area contributed by atoms with Crippen molar-refractivity contribution in [2.45, 2.75) is 0 Å². The van der Waals surface area contributed by atoms with Crippen molar-refractivity contribution in [3.05, 3.63) is 194 Å². The summed E-state index contributed by atoms with van der Waals surface area (Å²) in [5, 5.41) is 0.206. The number of hydrogen-bond donors (Lipinski definition) is 0. The van der Waals surface area contributed by atoms with E-state index in [1.165, 1.54) is 0 Å². The highest BCUT2D eigenvalue weighted by atomic mass is 15.2. The number of fused-ring (bicyclic) bond motifs is 9. The average Bonchev–Trinajstić information content (AvgIpc) is 4.15. The molecule has 0 aliphatic heterocycles. The van der Waals surface area contributed by atoms with Gasteiger partial charge in [0, 0.05) is 49.1 Å². The first kappa shape index (κ1) is 17.8. The molecule has 0 radical (unpaired) electrons. The maximum atomic E-state index is 9.66. The van der Waals surface area contributed by atoms with E-state index in [0.717, 1.165) is 31.1 Å². The zero-order chi connectivity index (χ0) is 54.9. The van der Waals surface area contributed by atoms with E-state index >= 15 is 0 Å². The Hall–Kier alpha value is -7.83. The SMILES string of the molecule is [2H]c1c([2H])c([2H])c(-n2c3c([2H])c([2H])c([2H])c([2H])c3c3c([2H])c([2H])c([2H])c([2H])c32)c(-c2nc(-c3ccc4c5ccccc5n(-c5ccccc5)c4c3)nc(-n3c4c([2H])c([2H])c([2H])c([2H])c4c4c([2H])c([2H])c([2H])c([2H])c43)n2)c1[2H]. The van der Waals surface area contributed by atoms with Crippen molar-refractivity contribution in [1.29, 1.82) is 0 Å². The Labute approximate surface area is 355 Å². The predicted octanol–water partition coefficient (Wildman–Crippen LogP) is 12.5. The molecule has 0 unspecified atom stereocenters. The molecule has 0 bridgehead atoms. The summed E-state index contributed by atoms with van der Waals surface area (Å²) < 4.78 is 184. The van der Waals surface area contributed by atoms with Gasteiger partial charge in [-0.15, -0.1) is 0 Å².